The minimum absolute atomic E-state index is 0.0378. The predicted molar refractivity (Wildman–Crippen MR) is 106 cm³/mol. The minimum Gasteiger partial charge on any atom is -0.481 e. The largest absolute Gasteiger partial charge is 0.481 e. The Bertz CT molecular complexity index is 751. The van der Waals surface area contributed by atoms with Gasteiger partial charge in [-0.25, -0.2) is 0 Å². The lowest BCUT2D eigenvalue weighted by Crippen LogP contribution is -2.38. The summed E-state index contributed by atoms with van der Waals surface area (Å²) in [5.74, 6) is 0.787. The average molecular weight is 351 g/mol. The molecule has 26 heavy (non-hydrogen) atoms. The van der Waals surface area contributed by atoms with Crippen LogP contribution in [0.25, 0.3) is 0 Å². The standard InChI is InChI=1S/C23H29NO2/c1-4-18-12-14-19(15-13-18)16(2)24-23(25)17(3)26-22-11-7-9-20-8-5-6-10-21(20)22/h7,9,11-17H,4-6,8,10H2,1-3H3,(H,24,25). The molecule has 1 aliphatic rings. The fourth-order valence-corrected chi connectivity index (χ4v) is 3.56. The zero-order chi connectivity index (χ0) is 18.5. The van der Waals surface area contributed by atoms with E-state index < -0.39 is 6.10 Å². The molecule has 0 radical (unpaired) electrons. The molecule has 0 bridgehead atoms. The van der Waals surface area contributed by atoms with E-state index in [2.05, 4.69) is 42.6 Å². The first kappa shape index (κ1) is 18.5. The van der Waals surface area contributed by atoms with Crippen LogP contribution in [0.4, 0.5) is 0 Å². The van der Waals surface area contributed by atoms with E-state index in [1.807, 2.05) is 26.0 Å². The van der Waals surface area contributed by atoms with Crippen molar-refractivity contribution in [2.24, 2.45) is 0 Å². The quantitative estimate of drug-likeness (QED) is 0.814. The van der Waals surface area contributed by atoms with Crippen molar-refractivity contribution in [3.8, 4) is 5.75 Å². The second kappa shape index (κ2) is 8.39. The van der Waals surface area contributed by atoms with Crippen LogP contribution in [0.5, 0.6) is 5.75 Å². The van der Waals surface area contributed by atoms with Crippen molar-refractivity contribution in [1.82, 2.24) is 5.32 Å². The monoisotopic (exact) mass is 351 g/mol. The van der Waals surface area contributed by atoms with Crippen LogP contribution in [0, 0.1) is 0 Å². The molecular weight excluding hydrogens is 322 g/mol. The molecule has 1 amide bonds. The van der Waals surface area contributed by atoms with E-state index >= 15 is 0 Å². The first-order chi connectivity index (χ1) is 12.6. The van der Waals surface area contributed by atoms with Crippen LogP contribution >= 0.6 is 0 Å². The Hall–Kier alpha value is -2.29. The lowest BCUT2D eigenvalue weighted by molar-refractivity contribution is -0.127. The Kier molecular flexibility index (Phi) is 5.97. The Morgan fingerprint density at radius 3 is 2.54 bits per heavy atom. The van der Waals surface area contributed by atoms with Gasteiger partial charge in [-0.15, -0.1) is 0 Å². The highest BCUT2D eigenvalue weighted by molar-refractivity contribution is 5.81. The van der Waals surface area contributed by atoms with Crippen molar-refractivity contribution >= 4 is 5.91 Å². The molecule has 1 N–H and O–H groups in total. The van der Waals surface area contributed by atoms with Crippen LogP contribution in [-0.4, -0.2) is 12.0 Å². The van der Waals surface area contributed by atoms with Crippen molar-refractivity contribution in [3.63, 3.8) is 0 Å². The number of benzene rings is 2. The first-order valence-corrected chi connectivity index (χ1v) is 9.75. The maximum absolute atomic E-state index is 12.6. The molecule has 3 heteroatoms. The number of nitrogens with one attached hydrogen (secondary N) is 1. The maximum Gasteiger partial charge on any atom is 0.261 e. The molecule has 0 aliphatic heterocycles. The van der Waals surface area contributed by atoms with E-state index in [1.165, 1.54) is 29.5 Å². The molecular formula is C23H29NO2. The smallest absolute Gasteiger partial charge is 0.261 e. The summed E-state index contributed by atoms with van der Waals surface area (Å²) in [5, 5.41) is 3.07. The summed E-state index contributed by atoms with van der Waals surface area (Å²) < 4.78 is 6.04. The van der Waals surface area contributed by atoms with Gasteiger partial charge in [-0.3, -0.25) is 4.79 Å². The second-order valence-electron chi connectivity index (χ2n) is 7.19. The summed E-state index contributed by atoms with van der Waals surface area (Å²) in [7, 11) is 0. The van der Waals surface area contributed by atoms with Crippen molar-refractivity contribution in [3.05, 3.63) is 64.7 Å². The molecule has 0 saturated carbocycles. The highest BCUT2D eigenvalue weighted by atomic mass is 16.5. The number of amides is 1. The van der Waals surface area contributed by atoms with Crippen LogP contribution < -0.4 is 10.1 Å². The summed E-state index contributed by atoms with van der Waals surface area (Å²) in [5.41, 5.74) is 5.06. The molecule has 1 aliphatic carbocycles. The molecule has 3 rings (SSSR count). The molecule has 0 heterocycles. The van der Waals surface area contributed by atoms with Gasteiger partial charge >= 0.3 is 0 Å². The molecule has 3 nitrogen and oxygen atoms in total. The SMILES string of the molecule is CCc1ccc(C(C)NC(=O)C(C)Oc2cccc3c2CCCC3)cc1. The van der Waals surface area contributed by atoms with E-state index in [-0.39, 0.29) is 11.9 Å². The topological polar surface area (TPSA) is 38.3 Å². The third-order valence-corrected chi connectivity index (χ3v) is 5.27. The zero-order valence-corrected chi connectivity index (χ0v) is 16.0. The maximum atomic E-state index is 12.6. The number of carbonyl (C=O) groups excluding carboxylic acids is 1. The molecule has 0 aromatic heterocycles. The van der Waals surface area contributed by atoms with E-state index in [0.29, 0.717) is 0 Å². The predicted octanol–water partition coefficient (Wildman–Crippen LogP) is 4.77. The number of aryl methyl sites for hydroxylation is 2. The Morgan fingerprint density at radius 2 is 1.81 bits per heavy atom. The highest BCUT2D eigenvalue weighted by Gasteiger charge is 2.20. The van der Waals surface area contributed by atoms with Crippen LogP contribution in [-0.2, 0) is 24.1 Å². The van der Waals surface area contributed by atoms with Gasteiger partial charge in [0.15, 0.2) is 6.10 Å². The van der Waals surface area contributed by atoms with Gasteiger partial charge < -0.3 is 10.1 Å². The van der Waals surface area contributed by atoms with Crippen molar-refractivity contribution in [1.29, 1.82) is 0 Å². The van der Waals surface area contributed by atoms with Gasteiger partial charge in [0.2, 0.25) is 0 Å². The molecule has 0 spiro atoms. The Balaban J connectivity index is 1.62. The molecule has 2 unspecified atom stereocenters. The van der Waals surface area contributed by atoms with Gasteiger partial charge in [-0.2, -0.15) is 0 Å². The molecule has 0 fully saturated rings. The number of hydrogen-bond acceptors (Lipinski definition) is 2. The summed E-state index contributed by atoms with van der Waals surface area (Å²) in [6, 6.07) is 14.6. The van der Waals surface area contributed by atoms with Crippen LogP contribution in [0.1, 0.15) is 61.9 Å². The second-order valence-corrected chi connectivity index (χ2v) is 7.19. The molecule has 2 atom stereocenters. The van der Waals surface area contributed by atoms with E-state index in [1.54, 1.807) is 0 Å². The van der Waals surface area contributed by atoms with Gasteiger partial charge in [0.25, 0.3) is 5.91 Å². The summed E-state index contributed by atoms with van der Waals surface area (Å²) >= 11 is 0. The fraction of sp³-hybridized carbons (Fsp3) is 0.435. The molecule has 0 saturated heterocycles. The Labute approximate surface area is 156 Å². The summed E-state index contributed by atoms with van der Waals surface area (Å²) in [6.07, 6.45) is 5.09. The summed E-state index contributed by atoms with van der Waals surface area (Å²) in [6.45, 7) is 5.97. The van der Waals surface area contributed by atoms with E-state index in [4.69, 9.17) is 4.74 Å². The fourth-order valence-electron chi connectivity index (χ4n) is 3.56. The lowest BCUT2D eigenvalue weighted by atomic mass is 9.91. The van der Waals surface area contributed by atoms with Crippen LogP contribution in [0.3, 0.4) is 0 Å². The number of fused-ring (bicyclic) bond motifs is 1. The van der Waals surface area contributed by atoms with Crippen LogP contribution in [0.2, 0.25) is 0 Å². The zero-order valence-electron chi connectivity index (χ0n) is 16.0. The van der Waals surface area contributed by atoms with Crippen molar-refractivity contribution in [2.45, 2.75) is 65.0 Å². The van der Waals surface area contributed by atoms with Gasteiger partial charge in [0, 0.05) is 0 Å². The number of rotatable bonds is 6. The average Bonchev–Trinajstić information content (AvgIpc) is 2.68. The molecule has 2 aromatic rings. The third kappa shape index (κ3) is 4.27. The molecule has 2 aromatic carbocycles. The third-order valence-electron chi connectivity index (χ3n) is 5.27. The first-order valence-electron chi connectivity index (χ1n) is 9.75. The minimum atomic E-state index is -0.513. The normalized spacial score (nSPS) is 15.7. The van der Waals surface area contributed by atoms with Crippen molar-refractivity contribution in [2.75, 3.05) is 0 Å². The number of ether oxygens (including phenoxy) is 1. The van der Waals surface area contributed by atoms with Crippen molar-refractivity contribution < 1.29 is 9.53 Å². The summed E-state index contributed by atoms with van der Waals surface area (Å²) in [4.78, 5) is 12.6. The lowest BCUT2D eigenvalue weighted by Gasteiger charge is -2.23. The Morgan fingerprint density at radius 1 is 1.08 bits per heavy atom. The van der Waals surface area contributed by atoms with E-state index in [0.717, 1.165) is 30.6 Å². The highest BCUT2D eigenvalue weighted by Crippen LogP contribution is 2.30. The van der Waals surface area contributed by atoms with Gasteiger partial charge in [-0.05, 0) is 74.3 Å². The van der Waals surface area contributed by atoms with Crippen LogP contribution in [0.15, 0.2) is 42.5 Å². The number of carbonyl (C=O) groups is 1. The molecule has 138 valence electrons. The number of hydrogen-bond donors (Lipinski definition) is 1. The van der Waals surface area contributed by atoms with E-state index in [9.17, 15) is 4.79 Å². The van der Waals surface area contributed by atoms with Gasteiger partial charge in [0.05, 0.1) is 6.04 Å². The van der Waals surface area contributed by atoms with Gasteiger partial charge in [0.1, 0.15) is 5.75 Å². The van der Waals surface area contributed by atoms with Gasteiger partial charge in [-0.1, -0.05) is 43.3 Å².